The lowest BCUT2D eigenvalue weighted by atomic mass is 10.1. The molecule has 0 bridgehead atoms. The largest absolute Gasteiger partial charge is 0.481 e. The fourth-order valence-electron chi connectivity index (χ4n) is 0.589. The zero-order valence-electron chi connectivity index (χ0n) is 10.3. The van der Waals surface area contributed by atoms with Crippen molar-refractivity contribution in [1.29, 1.82) is 0 Å². The van der Waals surface area contributed by atoms with Gasteiger partial charge in [-0.15, -0.1) is 25.3 Å². The van der Waals surface area contributed by atoms with E-state index in [0.29, 0.717) is 0 Å². The maximum Gasteiger partial charge on any atom is 0.330 e. The van der Waals surface area contributed by atoms with Crippen molar-refractivity contribution in [2.45, 2.75) is 35.1 Å². The first-order chi connectivity index (χ1) is 8.21. The number of carbonyl (C=O) groups is 3. The normalized spacial score (nSPS) is 12.9. The minimum Gasteiger partial charge on any atom is -0.481 e. The molecule has 0 aromatic heterocycles. The van der Waals surface area contributed by atoms with Crippen LogP contribution >= 0.6 is 37.9 Å². The summed E-state index contributed by atoms with van der Waals surface area (Å²) in [7, 11) is 0. The van der Waals surface area contributed by atoms with Crippen LogP contribution in [0.25, 0.3) is 0 Å². The number of hydrogen-bond acceptors (Lipinski definition) is 7. The Hall–Kier alpha value is -0.580. The summed E-state index contributed by atoms with van der Waals surface area (Å²) in [6.07, 6.45) is -0.617. The number of nitrogens with two attached hydrogens (primary N) is 1. The van der Waals surface area contributed by atoms with Crippen LogP contribution in [0.5, 0.6) is 0 Å². The number of carboxylic acid groups (broad SMARTS) is 3. The lowest BCUT2D eigenvalue weighted by Gasteiger charge is -2.21. The van der Waals surface area contributed by atoms with E-state index < -0.39 is 39.2 Å². The first-order valence-corrected chi connectivity index (χ1v) is 6.16. The van der Waals surface area contributed by atoms with E-state index in [4.69, 9.17) is 21.1 Å². The monoisotopic (exact) mass is 331 g/mol. The molecule has 0 unspecified atom stereocenters. The number of thiol groups is 3. The first-order valence-electron chi connectivity index (χ1n) is 4.82. The van der Waals surface area contributed by atoms with Crippen LogP contribution in [0.2, 0.25) is 0 Å². The van der Waals surface area contributed by atoms with Crippen molar-refractivity contribution in [2.75, 3.05) is 0 Å². The van der Waals surface area contributed by atoms with Gasteiger partial charge in [-0.2, -0.15) is 12.6 Å². The second-order valence-electron chi connectivity index (χ2n) is 4.16. The van der Waals surface area contributed by atoms with E-state index in [0.717, 1.165) is 0 Å². The van der Waals surface area contributed by atoms with Gasteiger partial charge in [-0.1, -0.05) is 0 Å². The molecule has 0 saturated heterocycles. The molecule has 0 aromatic carbocycles. The van der Waals surface area contributed by atoms with Crippen LogP contribution in [-0.4, -0.2) is 48.1 Å². The molecule has 0 heterocycles. The van der Waals surface area contributed by atoms with Crippen molar-refractivity contribution in [3.8, 4) is 0 Å². The molecular weight excluding hydrogens is 314 g/mol. The average molecular weight is 331 g/mol. The molecule has 0 aromatic rings. The number of aliphatic carboxylic acids is 3. The highest BCUT2D eigenvalue weighted by Crippen LogP contribution is 2.23. The molecule has 0 saturated carbocycles. The van der Waals surface area contributed by atoms with Crippen molar-refractivity contribution in [1.82, 2.24) is 0 Å². The number of hydrogen-bond donors (Lipinski definition) is 7. The van der Waals surface area contributed by atoms with Crippen LogP contribution in [0.4, 0.5) is 0 Å². The van der Waals surface area contributed by atoms with Crippen LogP contribution in [-0.2, 0) is 14.4 Å². The number of carboxylic acids is 3. The van der Waals surface area contributed by atoms with E-state index in [1.807, 2.05) is 0 Å². The molecule has 0 amide bonds. The van der Waals surface area contributed by atoms with Gasteiger partial charge in [0.25, 0.3) is 0 Å². The molecule has 0 aliphatic carbocycles. The van der Waals surface area contributed by atoms with Gasteiger partial charge in [-0.3, -0.25) is 9.59 Å². The van der Waals surface area contributed by atoms with E-state index in [1.165, 1.54) is 0 Å². The van der Waals surface area contributed by atoms with Crippen molar-refractivity contribution in [3.63, 3.8) is 0 Å². The summed E-state index contributed by atoms with van der Waals surface area (Å²) in [4.78, 5) is 30.3. The third-order valence-electron chi connectivity index (χ3n) is 1.77. The standard InChI is InChI=1S/C5H11NO2S.C4H6O4S2/c1-5(2,9)3(6)4(7)8;5-2(6)1-4(9,10)3(7)8/h3,9H,6H2,1-2H3,(H,7,8);9-10H,1H2,(H,5,6)(H,7,8)/t3-;/m1./s1. The molecule has 10 heteroatoms. The Morgan fingerprint density at radius 2 is 1.47 bits per heavy atom. The zero-order chi connectivity index (χ0) is 16.0. The molecule has 0 radical (unpaired) electrons. The minimum absolute atomic E-state index is 0.617. The SMILES string of the molecule is CC(C)(S)[C@H](N)C(=O)O.O=C(O)CC(S)(S)C(=O)O. The van der Waals surface area contributed by atoms with Gasteiger partial charge in [0.1, 0.15) is 6.04 Å². The second-order valence-corrected chi connectivity index (χ2v) is 7.19. The molecule has 0 aliphatic heterocycles. The highest BCUT2D eigenvalue weighted by atomic mass is 32.2. The second kappa shape index (κ2) is 7.88. The molecule has 0 fully saturated rings. The Bertz CT molecular complexity index is 352. The van der Waals surface area contributed by atoms with Crippen LogP contribution in [0.3, 0.4) is 0 Å². The average Bonchev–Trinajstić information content (AvgIpc) is 2.13. The Morgan fingerprint density at radius 1 is 1.11 bits per heavy atom. The van der Waals surface area contributed by atoms with Crippen LogP contribution in [0.1, 0.15) is 20.3 Å². The third-order valence-corrected chi connectivity index (χ3v) is 2.74. The van der Waals surface area contributed by atoms with Gasteiger partial charge in [0.2, 0.25) is 0 Å². The maximum atomic E-state index is 10.2. The molecule has 1 atom stereocenters. The molecule has 0 spiro atoms. The van der Waals surface area contributed by atoms with E-state index in [2.05, 4.69) is 37.9 Å². The van der Waals surface area contributed by atoms with Crippen molar-refractivity contribution < 1.29 is 29.7 Å². The Kier molecular flexibility index (Phi) is 8.59. The van der Waals surface area contributed by atoms with Crippen molar-refractivity contribution in [2.24, 2.45) is 5.73 Å². The highest BCUT2D eigenvalue weighted by molar-refractivity contribution is 8.02. The van der Waals surface area contributed by atoms with Crippen LogP contribution < -0.4 is 5.73 Å². The zero-order valence-corrected chi connectivity index (χ0v) is 13.0. The minimum atomic E-state index is -1.77. The summed E-state index contributed by atoms with van der Waals surface area (Å²) in [6, 6.07) is -0.902. The predicted molar refractivity (Wildman–Crippen MR) is 79.3 cm³/mol. The smallest absolute Gasteiger partial charge is 0.330 e. The molecule has 0 rings (SSSR count). The van der Waals surface area contributed by atoms with Gasteiger partial charge in [0.05, 0.1) is 6.42 Å². The molecular formula is C9H17NO6S3. The quantitative estimate of drug-likeness (QED) is 0.282. The topological polar surface area (TPSA) is 138 Å². The van der Waals surface area contributed by atoms with Crippen molar-refractivity contribution >= 4 is 55.8 Å². The van der Waals surface area contributed by atoms with E-state index in [1.54, 1.807) is 13.8 Å². The molecule has 0 aliphatic rings. The van der Waals surface area contributed by atoms with Gasteiger partial charge in [-0.05, 0) is 13.8 Å². The van der Waals surface area contributed by atoms with Gasteiger partial charge in [-0.25, -0.2) is 4.79 Å². The number of rotatable bonds is 5. The first kappa shape index (κ1) is 20.7. The molecule has 5 N–H and O–H groups in total. The van der Waals surface area contributed by atoms with Crippen LogP contribution in [0.15, 0.2) is 0 Å². The maximum absolute atomic E-state index is 10.2. The third kappa shape index (κ3) is 9.93. The molecule has 19 heavy (non-hydrogen) atoms. The summed E-state index contributed by atoms with van der Waals surface area (Å²) in [6.45, 7) is 3.32. The summed E-state index contributed by atoms with van der Waals surface area (Å²) in [5, 5.41) is 24.8. The van der Waals surface area contributed by atoms with Gasteiger partial charge >= 0.3 is 17.9 Å². The summed E-state index contributed by atoms with van der Waals surface area (Å²) in [5.74, 6) is -3.62. The van der Waals surface area contributed by atoms with E-state index in [9.17, 15) is 14.4 Å². The highest BCUT2D eigenvalue weighted by Gasteiger charge is 2.32. The van der Waals surface area contributed by atoms with Gasteiger partial charge < -0.3 is 21.1 Å². The van der Waals surface area contributed by atoms with E-state index >= 15 is 0 Å². The lowest BCUT2D eigenvalue weighted by molar-refractivity contribution is -0.143. The molecule has 7 nitrogen and oxygen atoms in total. The fraction of sp³-hybridized carbons (Fsp3) is 0.667. The van der Waals surface area contributed by atoms with Gasteiger partial charge in [0.15, 0.2) is 4.08 Å². The summed E-state index contributed by atoms with van der Waals surface area (Å²) in [5.41, 5.74) is 5.22. The van der Waals surface area contributed by atoms with Crippen LogP contribution in [0, 0.1) is 0 Å². The lowest BCUT2D eigenvalue weighted by Crippen LogP contribution is -2.45. The Balaban J connectivity index is 0. The Morgan fingerprint density at radius 3 is 1.53 bits per heavy atom. The fourth-order valence-corrected chi connectivity index (χ4v) is 0.970. The van der Waals surface area contributed by atoms with Crippen molar-refractivity contribution in [3.05, 3.63) is 0 Å². The Labute approximate surface area is 126 Å². The van der Waals surface area contributed by atoms with E-state index in [-0.39, 0.29) is 0 Å². The summed E-state index contributed by atoms with van der Waals surface area (Å²) >= 11 is 11.0. The summed E-state index contributed by atoms with van der Waals surface area (Å²) < 4.78 is -2.42. The van der Waals surface area contributed by atoms with Gasteiger partial charge in [0, 0.05) is 4.75 Å². The molecule has 112 valence electrons. The predicted octanol–water partition coefficient (Wildman–Crippen LogP) is 0.208.